The quantitative estimate of drug-likeness (QED) is 0.714. The summed E-state index contributed by atoms with van der Waals surface area (Å²) >= 11 is 0. The van der Waals surface area contributed by atoms with Crippen LogP contribution in [-0.4, -0.2) is 52.3 Å². The van der Waals surface area contributed by atoms with Gasteiger partial charge in [0.25, 0.3) is 0 Å². The highest BCUT2D eigenvalue weighted by Crippen LogP contribution is 2.20. The molecule has 1 atom stereocenters. The predicted octanol–water partition coefficient (Wildman–Crippen LogP) is 1.91. The number of benzene rings is 2. The number of hydrogen-bond acceptors (Lipinski definition) is 3. The zero-order valence-corrected chi connectivity index (χ0v) is 15.7. The molecule has 4 rings (SSSR count). The van der Waals surface area contributed by atoms with E-state index in [0.717, 1.165) is 22.0 Å². The minimum atomic E-state index is -0.471. The van der Waals surface area contributed by atoms with E-state index in [1.165, 1.54) is 0 Å². The molecule has 0 spiro atoms. The molecule has 28 heavy (non-hydrogen) atoms. The highest BCUT2D eigenvalue weighted by molar-refractivity contribution is 5.89. The van der Waals surface area contributed by atoms with Crippen molar-refractivity contribution in [1.29, 1.82) is 0 Å². The number of para-hydroxylation sites is 1. The third kappa shape index (κ3) is 3.77. The van der Waals surface area contributed by atoms with E-state index in [-0.39, 0.29) is 11.8 Å². The van der Waals surface area contributed by atoms with Crippen molar-refractivity contribution in [2.24, 2.45) is 5.73 Å². The Morgan fingerprint density at radius 2 is 1.79 bits per heavy atom. The number of aromatic nitrogens is 1. The number of fused-ring (bicyclic) bond motifs is 1. The first-order valence-electron chi connectivity index (χ1n) is 9.52. The Bertz CT molecular complexity index is 982. The second-order valence-corrected chi connectivity index (χ2v) is 7.25. The van der Waals surface area contributed by atoms with Gasteiger partial charge in [0, 0.05) is 43.3 Å². The number of primary amides is 1. The van der Waals surface area contributed by atoms with E-state index in [2.05, 4.69) is 9.88 Å². The molecule has 1 fully saturated rings. The van der Waals surface area contributed by atoms with Gasteiger partial charge >= 0.3 is 0 Å². The number of carbonyl (C=O) groups excluding carboxylic acids is 2. The highest BCUT2D eigenvalue weighted by atomic mass is 16.2. The van der Waals surface area contributed by atoms with Gasteiger partial charge in [-0.1, -0.05) is 48.5 Å². The van der Waals surface area contributed by atoms with Gasteiger partial charge in [0.1, 0.15) is 6.04 Å². The lowest BCUT2D eigenvalue weighted by Crippen LogP contribution is -2.59. The molecule has 2 heterocycles. The van der Waals surface area contributed by atoms with Gasteiger partial charge in [0.05, 0.1) is 6.42 Å². The maximum absolute atomic E-state index is 12.9. The number of amides is 2. The summed E-state index contributed by atoms with van der Waals surface area (Å²) in [6, 6.07) is 17.5. The maximum atomic E-state index is 12.9. The van der Waals surface area contributed by atoms with Gasteiger partial charge in [-0.15, -0.1) is 0 Å². The molecule has 1 unspecified atom stereocenters. The van der Waals surface area contributed by atoms with Crippen molar-refractivity contribution in [2.75, 3.05) is 19.6 Å². The van der Waals surface area contributed by atoms with Gasteiger partial charge in [0.2, 0.25) is 11.8 Å². The Hall–Kier alpha value is -3.12. The predicted molar refractivity (Wildman–Crippen MR) is 108 cm³/mol. The summed E-state index contributed by atoms with van der Waals surface area (Å²) in [5.41, 5.74) is 8.79. The number of H-pyrrole nitrogens is 1. The summed E-state index contributed by atoms with van der Waals surface area (Å²) in [4.78, 5) is 32.0. The van der Waals surface area contributed by atoms with Gasteiger partial charge in [-0.05, 0) is 17.2 Å². The molecule has 1 aliphatic rings. The summed E-state index contributed by atoms with van der Waals surface area (Å²) < 4.78 is 0. The Morgan fingerprint density at radius 3 is 2.57 bits per heavy atom. The van der Waals surface area contributed by atoms with Crippen LogP contribution in [0, 0.1) is 0 Å². The Morgan fingerprint density at radius 1 is 1.04 bits per heavy atom. The molecule has 0 aliphatic carbocycles. The number of nitrogens with one attached hydrogen (secondary N) is 1. The van der Waals surface area contributed by atoms with Gasteiger partial charge in [-0.2, -0.15) is 0 Å². The van der Waals surface area contributed by atoms with E-state index < -0.39 is 6.04 Å². The van der Waals surface area contributed by atoms with Crippen LogP contribution in [0.5, 0.6) is 0 Å². The smallest absolute Gasteiger partial charge is 0.236 e. The molecule has 2 amide bonds. The lowest BCUT2D eigenvalue weighted by atomic mass is 10.1. The molecular formula is C22H24N4O2. The van der Waals surface area contributed by atoms with Crippen LogP contribution in [0.3, 0.4) is 0 Å². The molecule has 1 saturated heterocycles. The van der Waals surface area contributed by atoms with Gasteiger partial charge < -0.3 is 15.6 Å². The zero-order chi connectivity index (χ0) is 19.5. The Balaban J connectivity index is 1.45. The molecule has 6 heteroatoms. The molecule has 2 aromatic carbocycles. The second-order valence-electron chi connectivity index (χ2n) is 7.25. The molecule has 0 bridgehead atoms. The van der Waals surface area contributed by atoms with E-state index in [0.29, 0.717) is 32.6 Å². The van der Waals surface area contributed by atoms with Crippen molar-refractivity contribution in [3.8, 4) is 0 Å². The summed E-state index contributed by atoms with van der Waals surface area (Å²) in [6.45, 7) is 2.21. The van der Waals surface area contributed by atoms with Crippen LogP contribution in [0.25, 0.3) is 10.9 Å². The standard InChI is InChI=1S/C22H24N4O2/c23-22(28)20-15-26(11-10-25(20)14-16-6-2-1-3-7-16)21(27)12-17-13-24-19-9-5-4-8-18(17)19/h1-9,13,20,24H,10-12,14-15H2,(H2,23,28). The zero-order valence-electron chi connectivity index (χ0n) is 15.7. The van der Waals surface area contributed by atoms with E-state index in [4.69, 9.17) is 5.73 Å². The number of aromatic amines is 1. The summed E-state index contributed by atoms with van der Waals surface area (Å²) in [5, 5.41) is 1.06. The summed E-state index contributed by atoms with van der Waals surface area (Å²) in [5.74, 6) is -0.365. The molecular weight excluding hydrogens is 352 g/mol. The Labute approximate surface area is 163 Å². The SMILES string of the molecule is NC(=O)C1CN(C(=O)Cc2c[nH]c3ccccc23)CCN1Cc1ccccc1. The van der Waals surface area contributed by atoms with Crippen LogP contribution in [0.2, 0.25) is 0 Å². The monoisotopic (exact) mass is 376 g/mol. The van der Waals surface area contributed by atoms with E-state index in [9.17, 15) is 9.59 Å². The first-order valence-corrected chi connectivity index (χ1v) is 9.52. The third-order valence-electron chi connectivity index (χ3n) is 5.42. The van der Waals surface area contributed by atoms with Crippen LogP contribution in [-0.2, 0) is 22.6 Å². The number of nitrogens with two attached hydrogens (primary N) is 1. The average molecular weight is 376 g/mol. The normalized spacial score (nSPS) is 17.7. The fourth-order valence-electron chi connectivity index (χ4n) is 3.88. The lowest BCUT2D eigenvalue weighted by Gasteiger charge is -2.40. The molecule has 6 nitrogen and oxygen atoms in total. The van der Waals surface area contributed by atoms with Crippen molar-refractivity contribution in [1.82, 2.24) is 14.8 Å². The first-order chi connectivity index (χ1) is 13.6. The van der Waals surface area contributed by atoms with Crippen molar-refractivity contribution >= 4 is 22.7 Å². The van der Waals surface area contributed by atoms with Gasteiger partial charge in [-0.3, -0.25) is 14.5 Å². The van der Waals surface area contributed by atoms with Gasteiger partial charge in [-0.25, -0.2) is 0 Å². The number of nitrogens with zero attached hydrogens (tertiary/aromatic N) is 2. The number of carbonyl (C=O) groups is 2. The average Bonchev–Trinajstić information content (AvgIpc) is 3.12. The minimum absolute atomic E-state index is 0.0235. The highest BCUT2D eigenvalue weighted by Gasteiger charge is 2.33. The number of rotatable bonds is 5. The fourth-order valence-corrected chi connectivity index (χ4v) is 3.88. The Kier molecular flexibility index (Phi) is 5.12. The van der Waals surface area contributed by atoms with Crippen molar-refractivity contribution in [3.63, 3.8) is 0 Å². The van der Waals surface area contributed by atoms with Crippen LogP contribution < -0.4 is 5.73 Å². The van der Waals surface area contributed by atoms with Crippen molar-refractivity contribution in [2.45, 2.75) is 19.0 Å². The van der Waals surface area contributed by atoms with E-state index in [1.807, 2.05) is 60.8 Å². The van der Waals surface area contributed by atoms with Crippen molar-refractivity contribution in [3.05, 3.63) is 71.9 Å². The first kappa shape index (κ1) is 18.3. The molecule has 0 radical (unpaired) electrons. The van der Waals surface area contributed by atoms with Crippen LogP contribution >= 0.6 is 0 Å². The minimum Gasteiger partial charge on any atom is -0.368 e. The largest absolute Gasteiger partial charge is 0.368 e. The van der Waals surface area contributed by atoms with E-state index in [1.54, 1.807) is 4.90 Å². The molecule has 0 saturated carbocycles. The molecule has 3 N–H and O–H groups in total. The molecule has 3 aromatic rings. The van der Waals surface area contributed by atoms with Crippen LogP contribution in [0.15, 0.2) is 60.8 Å². The maximum Gasteiger partial charge on any atom is 0.236 e. The molecule has 1 aliphatic heterocycles. The molecule has 144 valence electrons. The number of piperazine rings is 1. The number of hydrogen-bond donors (Lipinski definition) is 2. The summed E-state index contributed by atoms with van der Waals surface area (Å²) in [7, 11) is 0. The van der Waals surface area contributed by atoms with Crippen molar-refractivity contribution < 1.29 is 9.59 Å². The van der Waals surface area contributed by atoms with E-state index >= 15 is 0 Å². The second kappa shape index (κ2) is 7.86. The molecule has 1 aromatic heterocycles. The van der Waals surface area contributed by atoms with Crippen LogP contribution in [0.4, 0.5) is 0 Å². The van der Waals surface area contributed by atoms with Gasteiger partial charge in [0.15, 0.2) is 0 Å². The third-order valence-corrected chi connectivity index (χ3v) is 5.42. The summed E-state index contributed by atoms with van der Waals surface area (Å²) in [6.07, 6.45) is 2.20. The fraction of sp³-hybridized carbons (Fsp3) is 0.273. The lowest BCUT2D eigenvalue weighted by molar-refractivity contribution is -0.136. The topological polar surface area (TPSA) is 82.4 Å². The van der Waals surface area contributed by atoms with Crippen LogP contribution in [0.1, 0.15) is 11.1 Å².